The van der Waals surface area contributed by atoms with Gasteiger partial charge in [0.05, 0.1) is 12.7 Å². The first-order chi connectivity index (χ1) is 11.2. The lowest BCUT2D eigenvalue weighted by molar-refractivity contribution is -0.0334. The number of aryl methyl sites for hydroxylation is 1. The second-order valence-corrected chi connectivity index (χ2v) is 6.79. The Labute approximate surface area is 138 Å². The Kier molecular flexibility index (Phi) is 5.28. The summed E-state index contributed by atoms with van der Waals surface area (Å²) in [6.45, 7) is 6.09. The van der Waals surface area contributed by atoms with Crippen molar-refractivity contribution in [2.75, 3.05) is 39.8 Å². The van der Waals surface area contributed by atoms with Gasteiger partial charge >= 0.3 is 0 Å². The summed E-state index contributed by atoms with van der Waals surface area (Å²) < 4.78 is 5.88. The number of hydrogen-bond donors (Lipinski definition) is 0. The van der Waals surface area contributed by atoms with E-state index in [9.17, 15) is 4.79 Å². The van der Waals surface area contributed by atoms with Gasteiger partial charge in [0, 0.05) is 44.1 Å². The van der Waals surface area contributed by atoms with Gasteiger partial charge < -0.3 is 14.5 Å². The standard InChI is InChI=1S/C18H27N3O2/c1-3-15-10-19-7-6-17(15)18(22)21-8-9-23-16(13-21)12-20(2)11-14-4-5-14/h6-7,10,14,16H,3-5,8-9,11-13H2,1-2H3/t16-/m1/s1. The molecule has 2 heterocycles. The number of ether oxygens (including phenoxy) is 1. The molecule has 3 rings (SSSR count). The average Bonchev–Trinajstić information content (AvgIpc) is 3.38. The maximum absolute atomic E-state index is 12.8. The first kappa shape index (κ1) is 16.4. The number of likely N-dealkylation sites (N-methyl/N-ethyl adjacent to an activating group) is 1. The zero-order valence-electron chi connectivity index (χ0n) is 14.2. The van der Waals surface area contributed by atoms with Crippen LogP contribution < -0.4 is 0 Å². The monoisotopic (exact) mass is 317 g/mol. The van der Waals surface area contributed by atoms with E-state index in [1.807, 2.05) is 11.0 Å². The third-order valence-corrected chi connectivity index (χ3v) is 4.72. The number of aromatic nitrogens is 1. The molecule has 1 aromatic heterocycles. The van der Waals surface area contributed by atoms with Crippen LogP contribution in [0, 0.1) is 5.92 Å². The molecule has 0 bridgehead atoms. The van der Waals surface area contributed by atoms with Crippen molar-refractivity contribution in [1.82, 2.24) is 14.8 Å². The lowest BCUT2D eigenvalue weighted by Gasteiger charge is -2.35. The number of carbonyl (C=O) groups is 1. The highest BCUT2D eigenvalue weighted by Gasteiger charge is 2.28. The van der Waals surface area contributed by atoms with Crippen LogP contribution in [0.5, 0.6) is 0 Å². The minimum Gasteiger partial charge on any atom is -0.373 e. The molecule has 126 valence electrons. The van der Waals surface area contributed by atoms with Gasteiger partial charge in [0.25, 0.3) is 5.91 Å². The first-order valence-electron chi connectivity index (χ1n) is 8.69. The molecule has 5 nitrogen and oxygen atoms in total. The van der Waals surface area contributed by atoms with Crippen molar-refractivity contribution in [2.45, 2.75) is 32.3 Å². The smallest absolute Gasteiger partial charge is 0.254 e. The van der Waals surface area contributed by atoms with Crippen molar-refractivity contribution >= 4 is 5.91 Å². The van der Waals surface area contributed by atoms with Crippen molar-refractivity contribution in [3.05, 3.63) is 29.6 Å². The Morgan fingerprint density at radius 3 is 3.00 bits per heavy atom. The van der Waals surface area contributed by atoms with E-state index in [0.717, 1.165) is 36.6 Å². The zero-order valence-corrected chi connectivity index (χ0v) is 14.2. The molecule has 1 aliphatic carbocycles. The van der Waals surface area contributed by atoms with Gasteiger partial charge in [-0.2, -0.15) is 0 Å². The molecule has 0 radical (unpaired) electrons. The van der Waals surface area contributed by atoms with E-state index in [1.165, 1.54) is 12.8 Å². The van der Waals surface area contributed by atoms with E-state index in [2.05, 4.69) is 23.9 Å². The maximum atomic E-state index is 12.8. The summed E-state index contributed by atoms with van der Waals surface area (Å²) in [5, 5.41) is 0. The van der Waals surface area contributed by atoms with Crippen LogP contribution in [-0.2, 0) is 11.2 Å². The Balaban J connectivity index is 1.59. The second kappa shape index (κ2) is 7.41. The fraction of sp³-hybridized carbons (Fsp3) is 0.667. The molecule has 1 amide bonds. The van der Waals surface area contributed by atoms with E-state index in [4.69, 9.17) is 4.74 Å². The molecule has 23 heavy (non-hydrogen) atoms. The molecule has 1 saturated heterocycles. The average molecular weight is 317 g/mol. The Morgan fingerprint density at radius 2 is 2.26 bits per heavy atom. The highest BCUT2D eigenvalue weighted by Crippen LogP contribution is 2.29. The molecule has 1 saturated carbocycles. The van der Waals surface area contributed by atoms with Crippen molar-refractivity contribution in [1.29, 1.82) is 0 Å². The summed E-state index contributed by atoms with van der Waals surface area (Å²) in [4.78, 5) is 21.2. The maximum Gasteiger partial charge on any atom is 0.254 e. The number of pyridine rings is 1. The van der Waals surface area contributed by atoms with Gasteiger partial charge in [-0.05, 0) is 43.9 Å². The van der Waals surface area contributed by atoms with Crippen molar-refractivity contribution in [2.24, 2.45) is 5.92 Å². The quantitative estimate of drug-likeness (QED) is 0.803. The van der Waals surface area contributed by atoms with E-state index >= 15 is 0 Å². The predicted octanol–water partition coefficient (Wildman–Crippen LogP) is 1.83. The summed E-state index contributed by atoms with van der Waals surface area (Å²) in [5.41, 5.74) is 1.81. The Morgan fingerprint density at radius 1 is 1.43 bits per heavy atom. The van der Waals surface area contributed by atoms with E-state index in [-0.39, 0.29) is 12.0 Å². The second-order valence-electron chi connectivity index (χ2n) is 6.79. The molecule has 0 spiro atoms. The molecule has 5 heteroatoms. The van der Waals surface area contributed by atoms with Gasteiger partial charge in [0.15, 0.2) is 0 Å². The zero-order chi connectivity index (χ0) is 16.2. The van der Waals surface area contributed by atoms with Gasteiger partial charge in [0.1, 0.15) is 0 Å². The van der Waals surface area contributed by atoms with Crippen LogP contribution in [0.15, 0.2) is 18.5 Å². The minimum absolute atomic E-state index is 0.113. The molecular weight excluding hydrogens is 290 g/mol. The molecular formula is C18H27N3O2. The predicted molar refractivity (Wildman–Crippen MR) is 89.5 cm³/mol. The molecule has 2 fully saturated rings. The van der Waals surface area contributed by atoms with Gasteiger partial charge in [-0.1, -0.05) is 6.92 Å². The third kappa shape index (κ3) is 4.30. The largest absolute Gasteiger partial charge is 0.373 e. The highest BCUT2D eigenvalue weighted by molar-refractivity contribution is 5.95. The number of hydrogen-bond acceptors (Lipinski definition) is 4. The number of morpholine rings is 1. The van der Waals surface area contributed by atoms with Gasteiger partial charge in [0.2, 0.25) is 0 Å². The third-order valence-electron chi connectivity index (χ3n) is 4.72. The van der Waals surface area contributed by atoms with E-state index in [0.29, 0.717) is 19.7 Å². The topological polar surface area (TPSA) is 45.7 Å². The molecule has 0 N–H and O–H groups in total. The van der Waals surface area contributed by atoms with Crippen molar-refractivity contribution in [3.8, 4) is 0 Å². The fourth-order valence-electron chi connectivity index (χ4n) is 3.27. The van der Waals surface area contributed by atoms with Crippen LogP contribution in [0.2, 0.25) is 0 Å². The lowest BCUT2D eigenvalue weighted by atomic mass is 10.1. The Bertz CT molecular complexity index is 545. The van der Waals surface area contributed by atoms with Crippen LogP contribution in [0.1, 0.15) is 35.7 Å². The summed E-state index contributed by atoms with van der Waals surface area (Å²) >= 11 is 0. The van der Waals surface area contributed by atoms with Gasteiger partial charge in [-0.25, -0.2) is 0 Å². The van der Waals surface area contributed by atoms with Crippen LogP contribution in [0.4, 0.5) is 0 Å². The first-order valence-corrected chi connectivity index (χ1v) is 8.69. The SMILES string of the molecule is CCc1cnccc1C(=O)N1CCO[C@H](CN(C)CC2CC2)C1. The van der Waals surface area contributed by atoms with E-state index in [1.54, 1.807) is 12.4 Å². The number of carbonyl (C=O) groups excluding carboxylic acids is 1. The molecule has 0 unspecified atom stereocenters. The normalized spacial score (nSPS) is 21.7. The number of rotatable bonds is 6. The van der Waals surface area contributed by atoms with Gasteiger partial charge in [-0.3, -0.25) is 9.78 Å². The summed E-state index contributed by atoms with van der Waals surface area (Å²) in [6, 6.07) is 1.84. The summed E-state index contributed by atoms with van der Waals surface area (Å²) in [7, 11) is 2.15. The van der Waals surface area contributed by atoms with Crippen LogP contribution in [0.3, 0.4) is 0 Å². The van der Waals surface area contributed by atoms with Gasteiger partial charge in [-0.15, -0.1) is 0 Å². The lowest BCUT2D eigenvalue weighted by Crippen LogP contribution is -2.49. The summed E-state index contributed by atoms with van der Waals surface area (Å²) in [6.07, 6.45) is 7.17. The number of nitrogens with zero attached hydrogens (tertiary/aromatic N) is 3. The molecule has 2 aliphatic rings. The molecule has 1 atom stereocenters. The summed E-state index contributed by atoms with van der Waals surface area (Å²) in [5.74, 6) is 0.993. The minimum atomic E-state index is 0.113. The van der Waals surface area contributed by atoms with E-state index < -0.39 is 0 Å². The van der Waals surface area contributed by atoms with Crippen LogP contribution >= 0.6 is 0 Å². The Hall–Kier alpha value is -1.46. The molecule has 0 aromatic carbocycles. The molecule has 1 aromatic rings. The fourth-order valence-corrected chi connectivity index (χ4v) is 3.27. The highest BCUT2D eigenvalue weighted by atomic mass is 16.5. The molecule has 1 aliphatic heterocycles. The number of amides is 1. The van der Waals surface area contributed by atoms with Crippen LogP contribution in [0.25, 0.3) is 0 Å². The van der Waals surface area contributed by atoms with Crippen molar-refractivity contribution in [3.63, 3.8) is 0 Å². The van der Waals surface area contributed by atoms with Crippen LogP contribution in [-0.4, -0.2) is 66.6 Å². The van der Waals surface area contributed by atoms with Crippen molar-refractivity contribution < 1.29 is 9.53 Å².